The van der Waals surface area contributed by atoms with E-state index in [2.05, 4.69) is 4.98 Å². The molecule has 2 aromatic rings. The fourth-order valence-electron chi connectivity index (χ4n) is 2.51. The molecule has 1 saturated heterocycles. The number of thioether (sulfide) groups is 1. The molecule has 1 aromatic carbocycles. The third kappa shape index (κ3) is 2.38. The number of rotatable bonds is 2. The van der Waals surface area contributed by atoms with Crippen molar-refractivity contribution >= 4 is 40.0 Å². The highest BCUT2D eigenvalue weighted by atomic mass is 35.5. The van der Waals surface area contributed by atoms with Crippen LogP contribution in [0.15, 0.2) is 30.5 Å². The zero-order chi connectivity index (χ0) is 14.1. The van der Waals surface area contributed by atoms with Gasteiger partial charge in [-0.3, -0.25) is 4.79 Å². The molecule has 3 nitrogen and oxygen atoms in total. The Hall–Kier alpha value is -1.26. The van der Waals surface area contributed by atoms with Gasteiger partial charge in [-0.15, -0.1) is 0 Å². The first kappa shape index (κ1) is 13.7. The lowest BCUT2D eigenvalue weighted by molar-refractivity contribution is 0.0749. The second kappa shape index (κ2) is 5.62. The Kier molecular flexibility index (Phi) is 3.85. The van der Waals surface area contributed by atoms with Crippen molar-refractivity contribution in [1.82, 2.24) is 9.88 Å². The lowest BCUT2D eigenvalue weighted by Crippen LogP contribution is -2.37. The van der Waals surface area contributed by atoms with Crippen molar-refractivity contribution in [3.8, 4) is 0 Å². The summed E-state index contributed by atoms with van der Waals surface area (Å²) in [5, 5.41) is 2.14. The van der Waals surface area contributed by atoms with E-state index >= 15 is 0 Å². The van der Waals surface area contributed by atoms with E-state index in [0.717, 1.165) is 28.7 Å². The van der Waals surface area contributed by atoms with Crippen LogP contribution in [0, 0.1) is 0 Å². The molecule has 1 amide bonds. The quantitative estimate of drug-likeness (QED) is 0.797. The maximum absolute atomic E-state index is 12.7. The minimum Gasteiger partial charge on any atom is -0.338 e. The summed E-state index contributed by atoms with van der Waals surface area (Å²) in [6.45, 7) is 0. The summed E-state index contributed by atoms with van der Waals surface area (Å²) in [4.78, 5) is 18.7. The van der Waals surface area contributed by atoms with Crippen LogP contribution in [0.25, 0.3) is 10.8 Å². The molecule has 0 radical (unpaired) electrons. The molecule has 104 valence electrons. The first-order valence-corrected chi connectivity index (χ1v) is 8.10. The highest BCUT2D eigenvalue weighted by Crippen LogP contribution is 2.27. The van der Waals surface area contributed by atoms with Crippen LogP contribution in [0.3, 0.4) is 0 Å². The summed E-state index contributed by atoms with van der Waals surface area (Å²) in [6, 6.07) is 7.96. The fourth-order valence-corrected chi connectivity index (χ4v) is 3.99. The fraction of sp³-hybridized carbons (Fsp3) is 0.333. The number of benzene rings is 1. The second-order valence-electron chi connectivity index (χ2n) is 4.94. The van der Waals surface area contributed by atoms with Crippen molar-refractivity contribution in [2.24, 2.45) is 0 Å². The van der Waals surface area contributed by atoms with Crippen molar-refractivity contribution in [2.45, 2.75) is 12.5 Å². The Bertz CT molecular complexity index is 655. The zero-order valence-corrected chi connectivity index (χ0v) is 12.7. The van der Waals surface area contributed by atoms with Gasteiger partial charge in [0, 0.05) is 30.4 Å². The largest absolute Gasteiger partial charge is 0.338 e. The molecule has 0 bridgehead atoms. The van der Waals surface area contributed by atoms with Gasteiger partial charge < -0.3 is 4.90 Å². The molecule has 1 aliphatic heterocycles. The van der Waals surface area contributed by atoms with Crippen LogP contribution in [0.5, 0.6) is 0 Å². The number of hydrogen-bond donors (Lipinski definition) is 0. The Morgan fingerprint density at radius 1 is 1.40 bits per heavy atom. The van der Waals surface area contributed by atoms with Crippen LogP contribution < -0.4 is 0 Å². The average Bonchev–Trinajstić information content (AvgIpc) is 3.01. The molecule has 1 aliphatic rings. The molecule has 1 aromatic heterocycles. The summed E-state index contributed by atoms with van der Waals surface area (Å²) in [5.41, 5.74) is 0.629. The van der Waals surface area contributed by atoms with Gasteiger partial charge in [-0.2, -0.15) is 11.8 Å². The predicted molar refractivity (Wildman–Crippen MR) is 84.6 cm³/mol. The standard InChI is InChI=1S/C15H15ClN2OS/c1-18(10-6-7-20-9-10)15(19)13-8-17-14(16)12-5-3-2-4-11(12)13/h2-5,8,10H,6-7,9H2,1H3. The third-order valence-electron chi connectivity index (χ3n) is 3.75. The van der Waals surface area contributed by atoms with Crippen molar-refractivity contribution in [3.05, 3.63) is 41.2 Å². The number of nitrogens with zero attached hydrogens (tertiary/aromatic N) is 2. The van der Waals surface area contributed by atoms with E-state index in [1.54, 1.807) is 6.20 Å². The van der Waals surface area contributed by atoms with Gasteiger partial charge in [0.05, 0.1) is 5.56 Å². The Morgan fingerprint density at radius 3 is 2.85 bits per heavy atom. The Morgan fingerprint density at radius 2 is 2.15 bits per heavy atom. The van der Waals surface area contributed by atoms with Crippen molar-refractivity contribution in [3.63, 3.8) is 0 Å². The van der Waals surface area contributed by atoms with Gasteiger partial charge in [-0.25, -0.2) is 4.98 Å². The number of carbonyl (C=O) groups is 1. The molecule has 5 heteroatoms. The number of carbonyl (C=O) groups excluding carboxylic acids is 1. The monoisotopic (exact) mass is 306 g/mol. The maximum atomic E-state index is 12.7. The first-order chi connectivity index (χ1) is 9.68. The molecule has 20 heavy (non-hydrogen) atoms. The van der Waals surface area contributed by atoms with E-state index in [0.29, 0.717) is 16.8 Å². The minimum atomic E-state index is 0.0258. The van der Waals surface area contributed by atoms with Gasteiger partial charge in [0.25, 0.3) is 5.91 Å². The molecule has 3 rings (SSSR count). The van der Waals surface area contributed by atoms with Gasteiger partial charge in [0.15, 0.2) is 0 Å². The molecule has 2 heterocycles. The zero-order valence-electron chi connectivity index (χ0n) is 11.2. The topological polar surface area (TPSA) is 33.2 Å². The molecule has 0 saturated carbocycles. The SMILES string of the molecule is CN(C(=O)c1cnc(Cl)c2ccccc12)C1CCSC1. The van der Waals surface area contributed by atoms with E-state index in [-0.39, 0.29) is 5.91 Å². The lowest BCUT2D eigenvalue weighted by Gasteiger charge is -2.24. The van der Waals surface area contributed by atoms with Crippen LogP contribution in [0.4, 0.5) is 0 Å². The van der Waals surface area contributed by atoms with Crippen LogP contribution >= 0.6 is 23.4 Å². The van der Waals surface area contributed by atoms with Gasteiger partial charge in [0.1, 0.15) is 5.15 Å². The molecular formula is C15H15ClN2OS. The number of amides is 1. The van der Waals surface area contributed by atoms with E-state index in [4.69, 9.17) is 11.6 Å². The normalized spacial score (nSPS) is 18.4. The molecule has 0 aliphatic carbocycles. The summed E-state index contributed by atoms with van der Waals surface area (Å²) in [7, 11) is 1.88. The summed E-state index contributed by atoms with van der Waals surface area (Å²) in [6.07, 6.45) is 2.65. The smallest absolute Gasteiger partial charge is 0.256 e. The van der Waals surface area contributed by atoms with Gasteiger partial charge in [-0.05, 0) is 17.6 Å². The number of hydrogen-bond acceptors (Lipinski definition) is 3. The second-order valence-corrected chi connectivity index (χ2v) is 6.45. The molecule has 1 unspecified atom stereocenters. The van der Waals surface area contributed by atoms with Crippen LogP contribution in [0.1, 0.15) is 16.8 Å². The van der Waals surface area contributed by atoms with Crippen molar-refractivity contribution in [1.29, 1.82) is 0 Å². The number of fused-ring (bicyclic) bond motifs is 1. The summed E-state index contributed by atoms with van der Waals surface area (Å²) in [5.74, 6) is 2.17. The Balaban J connectivity index is 2.01. The first-order valence-electron chi connectivity index (χ1n) is 6.56. The average molecular weight is 307 g/mol. The molecule has 1 atom stereocenters. The van der Waals surface area contributed by atoms with Crippen molar-refractivity contribution in [2.75, 3.05) is 18.6 Å². The summed E-state index contributed by atoms with van der Waals surface area (Å²) < 4.78 is 0. The minimum absolute atomic E-state index is 0.0258. The van der Waals surface area contributed by atoms with Crippen molar-refractivity contribution < 1.29 is 4.79 Å². The molecule has 1 fully saturated rings. The summed E-state index contributed by atoms with van der Waals surface area (Å²) >= 11 is 8.00. The molecular weight excluding hydrogens is 292 g/mol. The van der Waals surface area contributed by atoms with E-state index < -0.39 is 0 Å². The number of pyridine rings is 1. The van der Waals surface area contributed by atoms with Crippen LogP contribution in [-0.2, 0) is 0 Å². The highest BCUT2D eigenvalue weighted by molar-refractivity contribution is 7.99. The van der Waals surface area contributed by atoms with E-state index in [1.165, 1.54) is 0 Å². The van der Waals surface area contributed by atoms with E-state index in [1.807, 2.05) is 48.0 Å². The van der Waals surface area contributed by atoms with Gasteiger partial charge in [0.2, 0.25) is 0 Å². The van der Waals surface area contributed by atoms with Crippen LogP contribution in [-0.4, -0.2) is 40.4 Å². The Labute approximate surface area is 127 Å². The van der Waals surface area contributed by atoms with Gasteiger partial charge >= 0.3 is 0 Å². The van der Waals surface area contributed by atoms with Crippen LogP contribution in [0.2, 0.25) is 5.15 Å². The van der Waals surface area contributed by atoms with Gasteiger partial charge in [-0.1, -0.05) is 35.9 Å². The predicted octanol–water partition coefficient (Wildman–Crippen LogP) is 3.47. The molecule has 0 N–H and O–H groups in total. The number of halogens is 1. The third-order valence-corrected chi connectivity index (χ3v) is 5.20. The lowest BCUT2D eigenvalue weighted by atomic mass is 10.1. The highest BCUT2D eigenvalue weighted by Gasteiger charge is 2.26. The number of aromatic nitrogens is 1. The van der Waals surface area contributed by atoms with E-state index in [9.17, 15) is 4.79 Å². The molecule has 0 spiro atoms. The maximum Gasteiger partial charge on any atom is 0.256 e.